The van der Waals surface area contributed by atoms with E-state index >= 15 is 0 Å². The maximum atomic E-state index is 5.51. The minimum Gasteiger partial charge on any atom is -0.468 e. The van der Waals surface area contributed by atoms with Crippen LogP contribution in [-0.4, -0.2) is 26.0 Å². The lowest BCUT2D eigenvalue weighted by atomic mass is 10.3. The van der Waals surface area contributed by atoms with E-state index in [2.05, 4.69) is 5.32 Å². The van der Waals surface area contributed by atoms with Gasteiger partial charge in [0.15, 0.2) is 6.29 Å². The molecule has 0 spiro atoms. The molecule has 1 aliphatic heterocycles. The van der Waals surface area contributed by atoms with Gasteiger partial charge in [-0.2, -0.15) is 0 Å². The Morgan fingerprint density at radius 1 is 1.25 bits per heavy atom. The highest BCUT2D eigenvalue weighted by Crippen LogP contribution is 2.05. The van der Waals surface area contributed by atoms with Crippen molar-refractivity contribution in [2.24, 2.45) is 0 Å². The fourth-order valence-corrected chi connectivity index (χ4v) is 1.53. The first-order valence-corrected chi connectivity index (χ1v) is 5.41. The normalized spacial score (nSPS) is 17.8. The highest BCUT2D eigenvalue weighted by Gasteiger charge is 2.12. The molecule has 1 saturated heterocycles. The first-order chi connectivity index (χ1) is 7.45. The van der Waals surface area contributed by atoms with Crippen molar-refractivity contribution in [3.05, 3.63) is 24.2 Å². The first kappa shape index (κ1) is 13.5. The average Bonchev–Trinajstić information content (AvgIpc) is 2.62. The van der Waals surface area contributed by atoms with Crippen molar-refractivity contribution in [3.8, 4) is 0 Å². The lowest BCUT2D eigenvalue weighted by Crippen LogP contribution is -2.30. The number of hydrogen-bond acceptors (Lipinski definition) is 4. The number of nitrogens with one attached hydrogen (secondary N) is 1. The van der Waals surface area contributed by atoms with Crippen LogP contribution >= 0.6 is 12.4 Å². The number of rotatable bonds is 4. The van der Waals surface area contributed by atoms with Crippen molar-refractivity contribution < 1.29 is 13.9 Å². The minimum atomic E-state index is -0.109. The second-order valence-corrected chi connectivity index (χ2v) is 3.59. The van der Waals surface area contributed by atoms with E-state index in [0.717, 1.165) is 38.4 Å². The Kier molecular flexibility index (Phi) is 6.49. The zero-order valence-electron chi connectivity index (χ0n) is 9.19. The number of hydrogen-bond donors (Lipinski definition) is 1. The molecule has 4 nitrogen and oxygen atoms in total. The Balaban J connectivity index is 0.00000128. The van der Waals surface area contributed by atoms with Crippen LogP contribution in [-0.2, 0) is 16.0 Å². The van der Waals surface area contributed by atoms with E-state index in [0.29, 0.717) is 6.54 Å². The van der Waals surface area contributed by atoms with Crippen LogP contribution in [0.5, 0.6) is 0 Å². The molecule has 0 atom stereocenters. The van der Waals surface area contributed by atoms with Crippen LogP contribution in [0.4, 0.5) is 0 Å². The van der Waals surface area contributed by atoms with E-state index < -0.39 is 0 Å². The van der Waals surface area contributed by atoms with Gasteiger partial charge in [0.05, 0.1) is 12.8 Å². The van der Waals surface area contributed by atoms with Crippen LogP contribution in [0, 0.1) is 0 Å². The molecule has 1 N–H and O–H groups in total. The molecule has 0 amide bonds. The molecule has 5 heteroatoms. The molecule has 0 saturated carbocycles. The Morgan fingerprint density at radius 2 is 2.00 bits per heavy atom. The fraction of sp³-hybridized carbons (Fsp3) is 0.636. The molecule has 0 unspecified atom stereocenters. The van der Waals surface area contributed by atoms with Gasteiger partial charge in [-0.05, 0) is 25.0 Å². The Hall–Kier alpha value is -0.550. The van der Waals surface area contributed by atoms with Crippen LogP contribution < -0.4 is 5.32 Å². The molecule has 1 aromatic rings. The van der Waals surface area contributed by atoms with Gasteiger partial charge in [0.25, 0.3) is 0 Å². The van der Waals surface area contributed by atoms with Crippen LogP contribution in [0.15, 0.2) is 22.8 Å². The molecule has 1 aromatic heterocycles. The lowest BCUT2D eigenvalue weighted by molar-refractivity contribution is -0.123. The Bertz CT molecular complexity index is 258. The zero-order valence-corrected chi connectivity index (χ0v) is 10.0. The first-order valence-electron chi connectivity index (χ1n) is 5.41. The molecule has 92 valence electrons. The van der Waals surface area contributed by atoms with Crippen molar-refractivity contribution in [2.75, 3.05) is 19.8 Å². The van der Waals surface area contributed by atoms with Crippen LogP contribution in [0.25, 0.3) is 0 Å². The molecule has 0 aliphatic carbocycles. The molecule has 0 bridgehead atoms. The SMILES string of the molecule is Cl.c1coc(CNCC2OCCCCO2)c1. The summed E-state index contributed by atoms with van der Waals surface area (Å²) in [5.74, 6) is 0.934. The van der Waals surface area contributed by atoms with Gasteiger partial charge in [-0.3, -0.25) is 0 Å². The topological polar surface area (TPSA) is 43.6 Å². The molecule has 2 rings (SSSR count). The third kappa shape index (κ3) is 4.53. The van der Waals surface area contributed by atoms with Crippen molar-refractivity contribution >= 4 is 12.4 Å². The second-order valence-electron chi connectivity index (χ2n) is 3.59. The van der Waals surface area contributed by atoms with E-state index in [1.807, 2.05) is 12.1 Å². The predicted octanol–water partition coefficient (Wildman–Crippen LogP) is 1.94. The number of furan rings is 1. The summed E-state index contributed by atoms with van der Waals surface area (Å²) in [6, 6.07) is 3.83. The summed E-state index contributed by atoms with van der Waals surface area (Å²) >= 11 is 0. The van der Waals surface area contributed by atoms with Gasteiger partial charge in [-0.25, -0.2) is 0 Å². The Morgan fingerprint density at radius 3 is 2.62 bits per heavy atom. The minimum absolute atomic E-state index is 0. The molecular formula is C11H18ClNO3. The largest absolute Gasteiger partial charge is 0.468 e. The molecule has 2 heterocycles. The van der Waals surface area contributed by atoms with E-state index in [9.17, 15) is 0 Å². The van der Waals surface area contributed by atoms with E-state index in [-0.39, 0.29) is 18.7 Å². The average molecular weight is 248 g/mol. The molecule has 1 fully saturated rings. The summed E-state index contributed by atoms with van der Waals surface area (Å²) in [7, 11) is 0. The van der Waals surface area contributed by atoms with Crippen LogP contribution in [0.2, 0.25) is 0 Å². The van der Waals surface area contributed by atoms with Crippen molar-refractivity contribution in [3.63, 3.8) is 0 Å². The van der Waals surface area contributed by atoms with Gasteiger partial charge in [-0.15, -0.1) is 12.4 Å². The van der Waals surface area contributed by atoms with Gasteiger partial charge in [0, 0.05) is 19.8 Å². The third-order valence-corrected chi connectivity index (χ3v) is 2.34. The van der Waals surface area contributed by atoms with Gasteiger partial charge in [0.1, 0.15) is 5.76 Å². The van der Waals surface area contributed by atoms with Crippen LogP contribution in [0.1, 0.15) is 18.6 Å². The maximum Gasteiger partial charge on any atom is 0.169 e. The van der Waals surface area contributed by atoms with Crippen molar-refractivity contribution in [1.82, 2.24) is 5.32 Å². The summed E-state index contributed by atoms with van der Waals surface area (Å²) in [6.45, 7) is 3.02. The smallest absolute Gasteiger partial charge is 0.169 e. The van der Waals surface area contributed by atoms with Crippen molar-refractivity contribution in [2.45, 2.75) is 25.7 Å². The van der Waals surface area contributed by atoms with Crippen molar-refractivity contribution in [1.29, 1.82) is 0 Å². The van der Waals surface area contributed by atoms with E-state index in [1.54, 1.807) is 6.26 Å². The molecule has 0 radical (unpaired) electrons. The second kappa shape index (κ2) is 7.68. The van der Waals surface area contributed by atoms with Gasteiger partial charge in [0.2, 0.25) is 0 Å². The van der Waals surface area contributed by atoms with E-state index in [1.165, 1.54) is 0 Å². The fourth-order valence-electron chi connectivity index (χ4n) is 1.53. The monoisotopic (exact) mass is 247 g/mol. The van der Waals surface area contributed by atoms with Crippen LogP contribution in [0.3, 0.4) is 0 Å². The third-order valence-electron chi connectivity index (χ3n) is 2.34. The zero-order chi connectivity index (χ0) is 10.3. The molecular weight excluding hydrogens is 230 g/mol. The number of halogens is 1. The predicted molar refractivity (Wildman–Crippen MR) is 62.6 cm³/mol. The summed E-state index contributed by atoms with van der Waals surface area (Å²) < 4.78 is 16.2. The van der Waals surface area contributed by atoms with Gasteiger partial charge >= 0.3 is 0 Å². The van der Waals surface area contributed by atoms with Gasteiger partial charge in [-0.1, -0.05) is 0 Å². The molecule has 1 aliphatic rings. The summed E-state index contributed by atoms with van der Waals surface area (Å²) in [6.07, 6.45) is 3.75. The highest BCUT2D eigenvalue weighted by molar-refractivity contribution is 5.85. The quantitative estimate of drug-likeness (QED) is 0.883. The highest BCUT2D eigenvalue weighted by atomic mass is 35.5. The summed E-state index contributed by atoms with van der Waals surface area (Å²) in [5, 5.41) is 3.24. The lowest BCUT2D eigenvalue weighted by Gasteiger charge is -2.15. The summed E-state index contributed by atoms with van der Waals surface area (Å²) in [4.78, 5) is 0. The molecule has 0 aromatic carbocycles. The maximum absolute atomic E-state index is 5.51. The van der Waals surface area contributed by atoms with E-state index in [4.69, 9.17) is 13.9 Å². The van der Waals surface area contributed by atoms with Gasteiger partial charge < -0.3 is 19.2 Å². The summed E-state index contributed by atoms with van der Waals surface area (Å²) in [5.41, 5.74) is 0. The molecule has 16 heavy (non-hydrogen) atoms. The number of ether oxygens (including phenoxy) is 2. The standard InChI is InChI=1S/C11H17NO3.ClH/c1-2-6-15-11(14-5-1)9-12-8-10-4-3-7-13-10;/h3-4,7,11-12H,1-2,5-6,8-9H2;1H. The Labute approximate surface area is 102 Å².